The quantitative estimate of drug-likeness (QED) is 0.812. The van der Waals surface area contributed by atoms with E-state index in [1.807, 2.05) is 0 Å². The van der Waals surface area contributed by atoms with Crippen LogP contribution in [0, 0.1) is 6.92 Å². The Hall–Kier alpha value is -1.33. The summed E-state index contributed by atoms with van der Waals surface area (Å²) in [5.74, 6) is -0.0303. The number of furan rings is 1. The molecule has 1 saturated heterocycles. The second-order valence-corrected chi connectivity index (χ2v) is 3.46. The number of hydrogen-bond acceptors (Lipinski definition) is 4. The largest absolute Gasteiger partial charge is 0.478 e. The molecule has 1 fully saturated rings. The van der Waals surface area contributed by atoms with E-state index in [-0.39, 0.29) is 11.7 Å². The van der Waals surface area contributed by atoms with Crippen molar-refractivity contribution in [3.63, 3.8) is 0 Å². The molecule has 1 N–H and O–H groups in total. The van der Waals surface area contributed by atoms with E-state index in [2.05, 4.69) is 0 Å². The molecule has 0 radical (unpaired) electrons. The highest BCUT2D eigenvalue weighted by Crippen LogP contribution is 2.17. The van der Waals surface area contributed by atoms with Gasteiger partial charge in [-0.15, -0.1) is 0 Å². The highest BCUT2D eigenvalue weighted by atomic mass is 16.6. The standard InChI is InChI=1S/C10H12O5/c1-6-9(10(11)12)2-7(15-6)5-14-8-3-13-4-8/h2,8H,3-5H2,1H3,(H,11,12). The van der Waals surface area contributed by atoms with Gasteiger partial charge in [0.2, 0.25) is 0 Å². The molecule has 5 heteroatoms. The van der Waals surface area contributed by atoms with Gasteiger partial charge in [0.05, 0.1) is 13.2 Å². The molecule has 5 nitrogen and oxygen atoms in total. The van der Waals surface area contributed by atoms with E-state index in [0.717, 1.165) is 0 Å². The Morgan fingerprint density at radius 1 is 1.67 bits per heavy atom. The highest BCUT2D eigenvalue weighted by molar-refractivity contribution is 5.88. The van der Waals surface area contributed by atoms with Crippen LogP contribution in [-0.4, -0.2) is 30.4 Å². The number of aryl methyl sites for hydroxylation is 1. The summed E-state index contributed by atoms with van der Waals surface area (Å²) in [5.41, 5.74) is 0.193. The molecule has 0 aliphatic carbocycles. The Labute approximate surface area is 86.6 Å². The third kappa shape index (κ3) is 2.19. The summed E-state index contributed by atoms with van der Waals surface area (Å²) in [4.78, 5) is 10.7. The maximum atomic E-state index is 10.7. The van der Waals surface area contributed by atoms with E-state index >= 15 is 0 Å². The molecule has 2 rings (SSSR count). The fourth-order valence-electron chi connectivity index (χ4n) is 1.34. The van der Waals surface area contributed by atoms with Gasteiger partial charge in [-0.3, -0.25) is 0 Å². The molecule has 0 atom stereocenters. The summed E-state index contributed by atoms with van der Waals surface area (Å²) in [6, 6.07) is 1.50. The van der Waals surface area contributed by atoms with Crippen molar-refractivity contribution in [1.82, 2.24) is 0 Å². The lowest BCUT2D eigenvalue weighted by Crippen LogP contribution is -2.35. The van der Waals surface area contributed by atoms with Crippen molar-refractivity contribution >= 4 is 5.97 Å². The predicted octanol–water partition coefficient (Wildman–Crippen LogP) is 1.20. The van der Waals surface area contributed by atoms with Gasteiger partial charge in [-0.1, -0.05) is 0 Å². The lowest BCUT2D eigenvalue weighted by atomic mass is 10.2. The SMILES string of the molecule is Cc1oc(COC2COC2)cc1C(=O)O. The van der Waals surface area contributed by atoms with Gasteiger partial charge in [-0.05, 0) is 13.0 Å². The van der Waals surface area contributed by atoms with Gasteiger partial charge in [0.25, 0.3) is 0 Å². The fourth-order valence-corrected chi connectivity index (χ4v) is 1.34. The van der Waals surface area contributed by atoms with Gasteiger partial charge in [0.15, 0.2) is 0 Å². The zero-order chi connectivity index (χ0) is 10.8. The molecule has 0 bridgehead atoms. The minimum Gasteiger partial charge on any atom is -0.478 e. The Morgan fingerprint density at radius 2 is 2.40 bits per heavy atom. The van der Waals surface area contributed by atoms with E-state index in [1.54, 1.807) is 6.92 Å². The molecular formula is C10H12O5. The summed E-state index contributed by atoms with van der Waals surface area (Å²) in [6.45, 7) is 3.12. The minimum atomic E-state index is -0.977. The zero-order valence-electron chi connectivity index (χ0n) is 8.36. The minimum absolute atomic E-state index is 0.115. The Balaban J connectivity index is 1.96. The average molecular weight is 212 g/mol. The van der Waals surface area contributed by atoms with E-state index < -0.39 is 5.97 Å². The Kier molecular flexibility index (Phi) is 2.75. The number of carboxylic acid groups (broad SMARTS) is 1. The maximum absolute atomic E-state index is 10.7. The Morgan fingerprint density at radius 3 is 2.87 bits per heavy atom. The van der Waals surface area contributed by atoms with Gasteiger partial charge in [-0.2, -0.15) is 0 Å². The first-order chi connectivity index (χ1) is 7.16. The normalized spacial score (nSPS) is 16.3. The smallest absolute Gasteiger partial charge is 0.339 e. The van der Waals surface area contributed by atoms with Crippen LogP contribution in [0.2, 0.25) is 0 Å². The van der Waals surface area contributed by atoms with Crippen LogP contribution in [0.15, 0.2) is 10.5 Å². The molecule has 0 spiro atoms. The number of hydrogen-bond donors (Lipinski definition) is 1. The van der Waals surface area contributed by atoms with Crippen molar-refractivity contribution in [2.24, 2.45) is 0 Å². The molecule has 1 aromatic heterocycles. The number of carboxylic acids is 1. The average Bonchev–Trinajstić information content (AvgIpc) is 2.44. The lowest BCUT2D eigenvalue weighted by molar-refractivity contribution is -0.137. The van der Waals surface area contributed by atoms with Gasteiger partial charge in [0, 0.05) is 0 Å². The van der Waals surface area contributed by atoms with E-state index in [0.29, 0.717) is 31.3 Å². The van der Waals surface area contributed by atoms with Crippen molar-refractivity contribution in [1.29, 1.82) is 0 Å². The summed E-state index contributed by atoms with van der Waals surface area (Å²) < 4.78 is 15.6. The van der Waals surface area contributed by atoms with Crippen LogP contribution in [0.3, 0.4) is 0 Å². The molecule has 0 saturated carbocycles. The number of ether oxygens (including phenoxy) is 2. The highest BCUT2D eigenvalue weighted by Gasteiger charge is 2.20. The molecular weight excluding hydrogens is 200 g/mol. The second-order valence-electron chi connectivity index (χ2n) is 3.46. The van der Waals surface area contributed by atoms with Crippen molar-refractivity contribution in [3.05, 3.63) is 23.2 Å². The van der Waals surface area contributed by atoms with Gasteiger partial charge in [0.1, 0.15) is 29.8 Å². The molecule has 15 heavy (non-hydrogen) atoms. The van der Waals surface area contributed by atoms with Crippen LogP contribution in [0.5, 0.6) is 0 Å². The molecule has 1 aliphatic rings. The zero-order valence-corrected chi connectivity index (χ0v) is 8.36. The van der Waals surface area contributed by atoms with Crippen LogP contribution < -0.4 is 0 Å². The predicted molar refractivity (Wildman–Crippen MR) is 49.8 cm³/mol. The maximum Gasteiger partial charge on any atom is 0.339 e. The topological polar surface area (TPSA) is 68.9 Å². The van der Waals surface area contributed by atoms with Crippen molar-refractivity contribution in [2.45, 2.75) is 19.6 Å². The van der Waals surface area contributed by atoms with Gasteiger partial charge in [-0.25, -0.2) is 4.79 Å². The summed E-state index contributed by atoms with van der Waals surface area (Å²) in [5, 5.41) is 8.79. The Bertz CT molecular complexity index is 364. The summed E-state index contributed by atoms with van der Waals surface area (Å²) in [7, 11) is 0. The van der Waals surface area contributed by atoms with Crippen LogP contribution >= 0.6 is 0 Å². The number of carbonyl (C=O) groups is 1. The van der Waals surface area contributed by atoms with Gasteiger partial charge < -0.3 is 19.0 Å². The molecule has 82 valence electrons. The second kappa shape index (κ2) is 4.04. The molecule has 1 aromatic rings. The molecule has 0 unspecified atom stereocenters. The van der Waals surface area contributed by atoms with Crippen molar-refractivity contribution in [3.8, 4) is 0 Å². The van der Waals surface area contributed by atoms with Crippen LogP contribution in [0.1, 0.15) is 21.9 Å². The molecule has 2 heterocycles. The van der Waals surface area contributed by atoms with E-state index in [4.69, 9.17) is 19.0 Å². The van der Waals surface area contributed by atoms with Crippen molar-refractivity contribution in [2.75, 3.05) is 13.2 Å². The molecule has 0 aromatic carbocycles. The monoisotopic (exact) mass is 212 g/mol. The third-order valence-electron chi connectivity index (χ3n) is 2.27. The summed E-state index contributed by atoms with van der Waals surface area (Å²) in [6.07, 6.45) is 0.115. The number of rotatable bonds is 4. The third-order valence-corrected chi connectivity index (χ3v) is 2.27. The lowest BCUT2D eigenvalue weighted by Gasteiger charge is -2.25. The van der Waals surface area contributed by atoms with Gasteiger partial charge >= 0.3 is 5.97 Å². The molecule has 1 aliphatic heterocycles. The van der Waals surface area contributed by atoms with Crippen LogP contribution in [0.4, 0.5) is 0 Å². The van der Waals surface area contributed by atoms with Crippen molar-refractivity contribution < 1.29 is 23.8 Å². The molecule has 0 amide bonds. The van der Waals surface area contributed by atoms with Crippen LogP contribution in [-0.2, 0) is 16.1 Å². The first kappa shape index (κ1) is 10.2. The number of aromatic carboxylic acids is 1. The first-order valence-corrected chi connectivity index (χ1v) is 4.69. The summed E-state index contributed by atoms with van der Waals surface area (Å²) >= 11 is 0. The first-order valence-electron chi connectivity index (χ1n) is 4.69. The van der Waals surface area contributed by atoms with E-state index in [9.17, 15) is 4.79 Å². The van der Waals surface area contributed by atoms with E-state index in [1.165, 1.54) is 6.07 Å². The fraction of sp³-hybridized carbons (Fsp3) is 0.500. The van der Waals surface area contributed by atoms with Crippen LogP contribution in [0.25, 0.3) is 0 Å².